The highest BCUT2D eigenvalue weighted by atomic mass is 32.1. The van der Waals surface area contributed by atoms with E-state index in [2.05, 4.69) is 17.1 Å². The summed E-state index contributed by atoms with van der Waals surface area (Å²) in [5, 5.41) is 27.2. The van der Waals surface area contributed by atoms with E-state index in [-0.39, 0.29) is 13.0 Å². The first-order valence-corrected chi connectivity index (χ1v) is 3.98. The van der Waals surface area contributed by atoms with Crippen LogP contribution in [0, 0.1) is 0 Å². The molecule has 4 unspecified atom stereocenters. The lowest BCUT2D eigenvalue weighted by Gasteiger charge is -2.34. The summed E-state index contributed by atoms with van der Waals surface area (Å²) in [5.41, 5.74) is 0. The number of rotatable bonds is 2. The van der Waals surface area contributed by atoms with Gasteiger partial charge < -0.3 is 20.1 Å². The Bertz CT molecular complexity index is 144. The van der Waals surface area contributed by atoms with Crippen LogP contribution in [0.15, 0.2) is 0 Å². The maximum atomic E-state index is 9.24. The molecule has 1 saturated heterocycles. The van der Waals surface area contributed by atoms with Gasteiger partial charge in [-0.05, 0) is 12.9 Å². The summed E-state index contributed by atoms with van der Waals surface area (Å²) in [7, 11) is 0. The van der Waals surface area contributed by atoms with Crippen molar-refractivity contribution in [2.75, 3.05) is 6.61 Å². The summed E-state index contributed by atoms with van der Waals surface area (Å²) in [6.45, 7) is -0.355. The zero-order chi connectivity index (χ0) is 9.14. The smallest absolute Gasteiger partial charge is 0.173 e. The van der Waals surface area contributed by atoms with E-state index in [1.54, 1.807) is 0 Å². The van der Waals surface area contributed by atoms with E-state index in [0.29, 0.717) is 0 Å². The third-order valence-corrected chi connectivity index (χ3v) is 2.07. The number of aliphatic hydroxyl groups is 3. The standard InChI is InChI=1S/C6H12O5S/c7-2-4-6(9)3(8)1-5(10-4)11-12/h3-9,12H,1-2H2. The molecule has 0 saturated carbocycles. The molecule has 1 rings (SSSR count). The molecular weight excluding hydrogens is 184 g/mol. The van der Waals surface area contributed by atoms with Crippen LogP contribution in [0.2, 0.25) is 0 Å². The average Bonchev–Trinajstić information content (AvgIpc) is 2.09. The van der Waals surface area contributed by atoms with Crippen LogP contribution in [0.4, 0.5) is 0 Å². The van der Waals surface area contributed by atoms with Crippen molar-refractivity contribution in [3.05, 3.63) is 0 Å². The molecule has 0 spiro atoms. The Labute approximate surface area is 75.5 Å². The van der Waals surface area contributed by atoms with Crippen LogP contribution in [-0.4, -0.2) is 46.5 Å². The van der Waals surface area contributed by atoms with Gasteiger partial charge in [0, 0.05) is 6.42 Å². The third-order valence-electron chi connectivity index (χ3n) is 1.83. The molecule has 1 heterocycles. The van der Waals surface area contributed by atoms with Crippen molar-refractivity contribution in [3.8, 4) is 0 Å². The third kappa shape index (κ3) is 2.09. The SMILES string of the molecule is OCC1OC(OS)CC(O)C1O. The fourth-order valence-electron chi connectivity index (χ4n) is 1.13. The van der Waals surface area contributed by atoms with Gasteiger partial charge in [-0.1, -0.05) is 0 Å². The molecule has 5 nitrogen and oxygen atoms in total. The Morgan fingerprint density at radius 3 is 2.67 bits per heavy atom. The molecule has 4 atom stereocenters. The quantitative estimate of drug-likeness (QED) is 0.325. The molecule has 1 aliphatic heterocycles. The largest absolute Gasteiger partial charge is 0.394 e. The van der Waals surface area contributed by atoms with Gasteiger partial charge in [-0.2, -0.15) is 0 Å². The van der Waals surface area contributed by atoms with E-state index in [1.165, 1.54) is 0 Å². The lowest BCUT2D eigenvalue weighted by Crippen LogP contribution is -2.49. The van der Waals surface area contributed by atoms with Crippen LogP contribution in [0.25, 0.3) is 0 Å². The topological polar surface area (TPSA) is 79.2 Å². The number of hydrogen-bond donors (Lipinski definition) is 4. The second kappa shape index (κ2) is 4.40. The minimum Gasteiger partial charge on any atom is -0.394 e. The van der Waals surface area contributed by atoms with Gasteiger partial charge in [-0.15, -0.1) is 0 Å². The molecule has 6 heteroatoms. The molecule has 0 aromatic rings. The van der Waals surface area contributed by atoms with E-state index < -0.39 is 24.6 Å². The van der Waals surface area contributed by atoms with Gasteiger partial charge in [0.05, 0.1) is 12.7 Å². The molecule has 0 aromatic heterocycles. The minimum absolute atomic E-state index is 0.154. The summed E-state index contributed by atoms with van der Waals surface area (Å²) in [6, 6.07) is 0. The minimum atomic E-state index is -1.06. The number of thiol groups is 1. The van der Waals surface area contributed by atoms with Crippen molar-refractivity contribution in [2.45, 2.75) is 31.0 Å². The molecule has 1 aliphatic rings. The number of hydrogen-bond acceptors (Lipinski definition) is 6. The normalized spacial score (nSPS) is 43.0. The summed E-state index contributed by atoms with van der Waals surface area (Å²) in [5.74, 6) is 0. The van der Waals surface area contributed by atoms with Crippen LogP contribution >= 0.6 is 12.9 Å². The van der Waals surface area contributed by atoms with Gasteiger partial charge in [-0.3, -0.25) is 4.18 Å². The van der Waals surface area contributed by atoms with Crippen molar-refractivity contribution < 1.29 is 24.2 Å². The van der Waals surface area contributed by atoms with Crippen molar-refractivity contribution in [1.82, 2.24) is 0 Å². The molecule has 1 fully saturated rings. The van der Waals surface area contributed by atoms with E-state index >= 15 is 0 Å². The number of aliphatic hydroxyl groups excluding tert-OH is 3. The maximum Gasteiger partial charge on any atom is 0.173 e. The van der Waals surface area contributed by atoms with Crippen LogP contribution in [-0.2, 0) is 8.92 Å². The summed E-state index contributed by atoms with van der Waals surface area (Å²) in [4.78, 5) is 0. The lowest BCUT2D eigenvalue weighted by atomic mass is 10.0. The van der Waals surface area contributed by atoms with Crippen molar-refractivity contribution in [2.24, 2.45) is 0 Å². The first-order chi connectivity index (χ1) is 5.69. The molecule has 0 bridgehead atoms. The summed E-state index contributed by atoms with van der Waals surface area (Å²) < 4.78 is 9.54. The molecule has 0 aliphatic carbocycles. The monoisotopic (exact) mass is 196 g/mol. The van der Waals surface area contributed by atoms with Gasteiger partial charge >= 0.3 is 0 Å². The van der Waals surface area contributed by atoms with E-state index in [4.69, 9.17) is 9.84 Å². The maximum absolute atomic E-state index is 9.24. The zero-order valence-corrected chi connectivity index (χ0v) is 7.22. The molecular formula is C6H12O5S. The van der Waals surface area contributed by atoms with Crippen LogP contribution in [0.1, 0.15) is 6.42 Å². The highest BCUT2D eigenvalue weighted by Crippen LogP contribution is 2.21. The molecule has 72 valence electrons. The number of ether oxygens (including phenoxy) is 1. The Morgan fingerprint density at radius 1 is 1.50 bits per heavy atom. The lowest BCUT2D eigenvalue weighted by molar-refractivity contribution is -0.225. The van der Waals surface area contributed by atoms with Crippen molar-refractivity contribution in [3.63, 3.8) is 0 Å². The van der Waals surface area contributed by atoms with Crippen molar-refractivity contribution in [1.29, 1.82) is 0 Å². The van der Waals surface area contributed by atoms with Gasteiger partial charge in [0.15, 0.2) is 6.29 Å². The Kier molecular flexibility index (Phi) is 3.76. The second-order valence-corrected chi connectivity index (χ2v) is 2.90. The first kappa shape index (κ1) is 10.2. The van der Waals surface area contributed by atoms with Crippen LogP contribution < -0.4 is 0 Å². The van der Waals surface area contributed by atoms with Gasteiger partial charge in [0.2, 0.25) is 0 Å². The highest BCUT2D eigenvalue weighted by Gasteiger charge is 2.36. The van der Waals surface area contributed by atoms with Gasteiger partial charge in [0.1, 0.15) is 12.2 Å². The fourth-order valence-corrected chi connectivity index (χ4v) is 1.27. The zero-order valence-electron chi connectivity index (χ0n) is 6.33. The van der Waals surface area contributed by atoms with Crippen LogP contribution in [0.5, 0.6) is 0 Å². The molecule has 0 aromatic carbocycles. The Balaban J connectivity index is 2.52. The van der Waals surface area contributed by atoms with E-state index in [1.807, 2.05) is 0 Å². The Hall–Kier alpha value is 0.150. The first-order valence-electron chi connectivity index (χ1n) is 3.61. The second-order valence-electron chi connectivity index (χ2n) is 2.69. The fraction of sp³-hybridized carbons (Fsp3) is 1.00. The summed E-state index contributed by atoms with van der Waals surface area (Å²) >= 11 is 3.51. The predicted octanol–water partition coefficient (Wildman–Crippen LogP) is -1.32. The van der Waals surface area contributed by atoms with E-state index in [9.17, 15) is 10.2 Å². The average molecular weight is 196 g/mol. The molecule has 3 N–H and O–H groups in total. The van der Waals surface area contributed by atoms with Crippen LogP contribution in [0.3, 0.4) is 0 Å². The predicted molar refractivity (Wildman–Crippen MR) is 42.4 cm³/mol. The Morgan fingerprint density at radius 2 is 2.17 bits per heavy atom. The molecule has 12 heavy (non-hydrogen) atoms. The van der Waals surface area contributed by atoms with E-state index in [0.717, 1.165) is 0 Å². The summed E-state index contributed by atoms with van der Waals surface area (Å²) in [6.07, 6.45) is -3.32. The van der Waals surface area contributed by atoms with Crippen molar-refractivity contribution >= 4 is 12.9 Å². The van der Waals surface area contributed by atoms with Gasteiger partial charge in [-0.25, -0.2) is 0 Å². The molecule has 0 radical (unpaired) electrons. The highest BCUT2D eigenvalue weighted by molar-refractivity contribution is 7.75. The van der Waals surface area contributed by atoms with Gasteiger partial charge in [0.25, 0.3) is 0 Å². The molecule has 0 amide bonds.